The molecule has 1 aliphatic heterocycles. The van der Waals surface area contributed by atoms with Crippen LogP contribution in [-0.2, 0) is 14.3 Å². The lowest BCUT2D eigenvalue weighted by molar-refractivity contribution is -0.159. The molecule has 0 spiro atoms. The van der Waals surface area contributed by atoms with Crippen molar-refractivity contribution in [2.45, 2.75) is 25.9 Å². The molecular weight excluding hydrogens is 436 g/mol. The van der Waals surface area contributed by atoms with E-state index in [1.54, 1.807) is 23.4 Å². The molecule has 1 aliphatic rings. The zero-order chi connectivity index (χ0) is 23.8. The Balaban J connectivity index is 1.35. The van der Waals surface area contributed by atoms with Crippen molar-refractivity contribution in [1.29, 1.82) is 0 Å². The molecule has 176 valence electrons. The van der Waals surface area contributed by atoms with Gasteiger partial charge in [-0.15, -0.1) is 0 Å². The third-order valence-corrected chi connectivity index (χ3v) is 5.10. The smallest absolute Gasteiger partial charge is 0.306 e. The molecule has 0 bridgehead atoms. The van der Waals surface area contributed by atoms with Gasteiger partial charge in [-0.1, -0.05) is 0 Å². The van der Waals surface area contributed by atoms with E-state index in [4.69, 9.17) is 4.74 Å². The zero-order valence-corrected chi connectivity index (χ0v) is 18.2. The second-order valence-electron chi connectivity index (χ2n) is 7.48. The molecule has 2 heterocycles. The third-order valence-electron chi connectivity index (χ3n) is 5.10. The summed E-state index contributed by atoms with van der Waals surface area (Å²) in [6, 6.07) is 4.40. The van der Waals surface area contributed by atoms with E-state index < -0.39 is 29.6 Å². The van der Waals surface area contributed by atoms with Gasteiger partial charge in [-0.05, 0) is 31.5 Å². The van der Waals surface area contributed by atoms with Crippen LogP contribution < -0.4 is 10.2 Å². The van der Waals surface area contributed by atoms with Gasteiger partial charge in [0.1, 0.15) is 11.6 Å². The van der Waals surface area contributed by atoms with E-state index in [1.165, 1.54) is 6.92 Å². The SMILES string of the molecule is CC(OC(=O)CCCNC(=O)c1ccc(F)cc1F)C(=O)N1CCN(c2ncccn2)CC1. The predicted molar refractivity (Wildman–Crippen MR) is 114 cm³/mol. The summed E-state index contributed by atoms with van der Waals surface area (Å²) in [6.07, 6.45) is 2.61. The van der Waals surface area contributed by atoms with Gasteiger partial charge in [-0.3, -0.25) is 14.4 Å². The summed E-state index contributed by atoms with van der Waals surface area (Å²) in [5.74, 6) is -2.69. The number of piperazine rings is 1. The van der Waals surface area contributed by atoms with Crippen LogP contribution in [-0.4, -0.2) is 71.5 Å². The zero-order valence-electron chi connectivity index (χ0n) is 18.2. The van der Waals surface area contributed by atoms with E-state index >= 15 is 0 Å². The minimum absolute atomic E-state index is 0.0249. The van der Waals surface area contributed by atoms with Gasteiger partial charge in [0, 0.05) is 57.6 Å². The minimum atomic E-state index is -0.962. The fourth-order valence-electron chi connectivity index (χ4n) is 3.35. The number of rotatable bonds is 8. The molecule has 0 saturated carbocycles. The van der Waals surface area contributed by atoms with Crippen LogP contribution in [0.4, 0.5) is 14.7 Å². The quantitative estimate of drug-likeness (QED) is 0.470. The number of aromatic nitrogens is 2. The largest absolute Gasteiger partial charge is 0.453 e. The van der Waals surface area contributed by atoms with Gasteiger partial charge >= 0.3 is 5.97 Å². The van der Waals surface area contributed by atoms with Crippen LogP contribution in [0, 0.1) is 11.6 Å². The summed E-state index contributed by atoms with van der Waals surface area (Å²) in [7, 11) is 0. The first-order chi connectivity index (χ1) is 15.8. The number of benzene rings is 1. The molecule has 11 heteroatoms. The summed E-state index contributed by atoms with van der Waals surface area (Å²) >= 11 is 0. The lowest BCUT2D eigenvalue weighted by atomic mass is 10.2. The van der Waals surface area contributed by atoms with Crippen molar-refractivity contribution in [2.24, 2.45) is 0 Å². The van der Waals surface area contributed by atoms with Crippen LogP contribution >= 0.6 is 0 Å². The number of esters is 1. The van der Waals surface area contributed by atoms with E-state index in [0.29, 0.717) is 38.2 Å². The molecule has 33 heavy (non-hydrogen) atoms. The molecule has 3 rings (SSSR count). The van der Waals surface area contributed by atoms with Gasteiger partial charge in [-0.2, -0.15) is 0 Å². The molecule has 1 aromatic heterocycles. The Morgan fingerprint density at radius 1 is 1.12 bits per heavy atom. The Kier molecular flexibility index (Phi) is 8.22. The number of hydrogen-bond donors (Lipinski definition) is 1. The maximum absolute atomic E-state index is 13.6. The Bertz CT molecular complexity index is 984. The second kappa shape index (κ2) is 11.3. The fraction of sp³-hybridized carbons (Fsp3) is 0.409. The molecule has 1 aromatic carbocycles. The number of ether oxygens (including phenoxy) is 1. The van der Waals surface area contributed by atoms with E-state index in [-0.39, 0.29) is 30.9 Å². The van der Waals surface area contributed by atoms with Crippen LogP contribution in [0.1, 0.15) is 30.1 Å². The summed E-state index contributed by atoms with van der Waals surface area (Å²) < 4.78 is 31.7. The molecule has 0 aliphatic carbocycles. The van der Waals surface area contributed by atoms with Crippen molar-refractivity contribution in [3.05, 3.63) is 53.9 Å². The number of anilines is 1. The average molecular weight is 461 g/mol. The van der Waals surface area contributed by atoms with Crippen molar-refractivity contribution >= 4 is 23.7 Å². The fourth-order valence-corrected chi connectivity index (χ4v) is 3.35. The number of nitrogens with one attached hydrogen (secondary N) is 1. The highest BCUT2D eigenvalue weighted by Crippen LogP contribution is 2.12. The summed E-state index contributed by atoms with van der Waals surface area (Å²) in [6.45, 7) is 3.69. The van der Waals surface area contributed by atoms with E-state index in [0.717, 1.165) is 12.1 Å². The number of nitrogens with zero attached hydrogens (tertiary/aromatic N) is 4. The topological polar surface area (TPSA) is 105 Å². The normalized spacial score (nSPS) is 14.5. The Labute approximate surface area is 189 Å². The molecule has 1 saturated heterocycles. The number of amides is 2. The van der Waals surface area contributed by atoms with Crippen molar-refractivity contribution in [3.63, 3.8) is 0 Å². The van der Waals surface area contributed by atoms with Crippen molar-refractivity contribution < 1.29 is 27.9 Å². The molecule has 9 nitrogen and oxygen atoms in total. The Morgan fingerprint density at radius 3 is 2.48 bits per heavy atom. The number of carbonyl (C=O) groups excluding carboxylic acids is 3. The van der Waals surface area contributed by atoms with Crippen LogP contribution in [0.5, 0.6) is 0 Å². The van der Waals surface area contributed by atoms with Crippen LogP contribution in [0.15, 0.2) is 36.7 Å². The molecule has 2 amide bonds. The highest BCUT2D eigenvalue weighted by atomic mass is 19.1. The Hall–Kier alpha value is -3.63. The maximum Gasteiger partial charge on any atom is 0.306 e. The van der Waals surface area contributed by atoms with Gasteiger partial charge in [0.05, 0.1) is 5.56 Å². The molecular formula is C22H25F2N5O4. The number of hydrogen-bond acceptors (Lipinski definition) is 7. The minimum Gasteiger partial charge on any atom is -0.453 e. The van der Waals surface area contributed by atoms with Gasteiger partial charge < -0.3 is 19.9 Å². The second-order valence-corrected chi connectivity index (χ2v) is 7.48. The standard InChI is InChI=1S/C22H25F2N5O4/c1-15(21(32)28-10-12-29(13-11-28)22-26-8-3-9-27-22)33-19(30)4-2-7-25-20(31)17-6-5-16(23)14-18(17)24/h3,5-6,8-9,14-15H,2,4,7,10-13H2,1H3,(H,25,31). The summed E-state index contributed by atoms with van der Waals surface area (Å²) in [5, 5.41) is 2.46. The molecule has 1 atom stereocenters. The van der Waals surface area contributed by atoms with Crippen molar-refractivity contribution in [2.75, 3.05) is 37.6 Å². The van der Waals surface area contributed by atoms with E-state index in [1.807, 2.05) is 4.90 Å². The van der Waals surface area contributed by atoms with Crippen LogP contribution in [0.2, 0.25) is 0 Å². The highest BCUT2D eigenvalue weighted by molar-refractivity contribution is 5.94. The Morgan fingerprint density at radius 2 is 1.82 bits per heavy atom. The number of halogens is 2. The molecule has 1 N–H and O–H groups in total. The van der Waals surface area contributed by atoms with E-state index in [2.05, 4.69) is 15.3 Å². The number of carbonyl (C=O) groups is 3. The summed E-state index contributed by atoms with van der Waals surface area (Å²) in [5.41, 5.74) is -0.280. The van der Waals surface area contributed by atoms with Gasteiger partial charge in [0.15, 0.2) is 6.10 Å². The van der Waals surface area contributed by atoms with E-state index in [9.17, 15) is 23.2 Å². The van der Waals surface area contributed by atoms with Crippen molar-refractivity contribution in [1.82, 2.24) is 20.2 Å². The van der Waals surface area contributed by atoms with Gasteiger partial charge in [0.2, 0.25) is 5.95 Å². The van der Waals surface area contributed by atoms with Crippen LogP contribution in [0.3, 0.4) is 0 Å². The summed E-state index contributed by atoms with van der Waals surface area (Å²) in [4.78, 5) is 48.6. The van der Waals surface area contributed by atoms with Crippen molar-refractivity contribution in [3.8, 4) is 0 Å². The van der Waals surface area contributed by atoms with Gasteiger partial charge in [0.25, 0.3) is 11.8 Å². The third kappa shape index (κ3) is 6.67. The molecule has 1 unspecified atom stereocenters. The predicted octanol–water partition coefficient (Wildman–Crippen LogP) is 1.55. The average Bonchev–Trinajstić information content (AvgIpc) is 2.82. The molecule has 2 aromatic rings. The monoisotopic (exact) mass is 461 g/mol. The van der Waals surface area contributed by atoms with Crippen LogP contribution in [0.25, 0.3) is 0 Å². The maximum atomic E-state index is 13.6. The highest BCUT2D eigenvalue weighted by Gasteiger charge is 2.27. The first-order valence-electron chi connectivity index (χ1n) is 10.6. The first kappa shape index (κ1) is 24.0. The van der Waals surface area contributed by atoms with Gasteiger partial charge in [-0.25, -0.2) is 18.7 Å². The lowest BCUT2D eigenvalue weighted by Gasteiger charge is -2.35. The lowest BCUT2D eigenvalue weighted by Crippen LogP contribution is -2.52. The first-order valence-corrected chi connectivity index (χ1v) is 10.6. The molecule has 1 fully saturated rings. The molecule has 0 radical (unpaired) electrons.